The molecule has 21 heavy (non-hydrogen) atoms. The molecule has 1 aromatic carbocycles. The molecular weight excluding hydrogens is 258 g/mol. The van der Waals surface area contributed by atoms with E-state index in [0.717, 1.165) is 12.3 Å². The van der Waals surface area contributed by atoms with E-state index < -0.39 is 0 Å². The van der Waals surface area contributed by atoms with Gasteiger partial charge in [-0.25, -0.2) is 0 Å². The monoisotopic (exact) mass is 285 g/mol. The first kappa shape index (κ1) is 14.6. The SMILES string of the molecule is CC1CCC(N(C(=O)CCc2ccccc2)C2CC2)CC1. The summed E-state index contributed by atoms with van der Waals surface area (Å²) >= 11 is 0. The molecule has 0 bridgehead atoms. The van der Waals surface area contributed by atoms with Crippen LogP contribution in [0.1, 0.15) is 57.4 Å². The van der Waals surface area contributed by atoms with Crippen molar-refractivity contribution in [2.24, 2.45) is 5.92 Å². The minimum absolute atomic E-state index is 0.390. The Morgan fingerprint density at radius 1 is 1.00 bits per heavy atom. The van der Waals surface area contributed by atoms with Gasteiger partial charge in [0.05, 0.1) is 0 Å². The highest BCUT2D eigenvalue weighted by Crippen LogP contribution is 2.35. The number of hydrogen-bond acceptors (Lipinski definition) is 1. The first-order chi connectivity index (χ1) is 10.2. The van der Waals surface area contributed by atoms with Gasteiger partial charge in [0.1, 0.15) is 0 Å². The van der Waals surface area contributed by atoms with Crippen molar-refractivity contribution in [1.82, 2.24) is 4.90 Å². The molecule has 0 heterocycles. The van der Waals surface area contributed by atoms with Crippen LogP contribution in [0.5, 0.6) is 0 Å². The van der Waals surface area contributed by atoms with Crippen LogP contribution in [0.15, 0.2) is 30.3 Å². The van der Waals surface area contributed by atoms with Crippen LogP contribution in [-0.4, -0.2) is 22.9 Å². The molecule has 2 heteroatoms. The average Bonchev–Trinajstić information content (AvgIpc) is 3.33. The van der Waals surface area contributed by atoms with Crippen LogP contribution in [-0.2, 0) is 11.2 Å². The maximum absolute atomic E-state index is 12.7. The minimum Gasteiger partial charge on any atom is -0.337 e. The Hall–Kier alpha value is -1.31. The number of carbonyl (C=O) groups excluding carboxylic acids is 1. The van der Waals surface area contributed by atoms with E-state index in [-0.39, 0.29) is 0 Å². The smallest absolute Gasteiger partial charge is 0.223 e. The van der Waals surface area contributed by atoms with Gasteiger partial charge < -0.3 is 4.90 Å². The molecule has 0 unspecified atom stereocenters. The largest absolute Gasteiger partial charge is 0.337 e. The molecule has 114 valence electrons. The second-order valence-electron chi connectivity index (χ2n) is 6.93. The molecule has 2 nitrogen and oxygen atoms in total. The summed E-state index contributed by atoms with van der Waals surface area (Å²) in [5.74, 6) is 1.24. The first-order valence-corrected chi connectivity index (χ1v) is 8.59. The van der Waals surface area contributed by atoms with E-state index in [0.29, 0.717) is 24.4 Å². The third-order valence-corrected chi connectivity index (χ3v) is 5.08. The molecule has 3 rings (SSSR count). The molecule has 0 atom stereocenters. The molecule has 2 saturated carbocycles. The maximum atomic E-state index is 12.7. The van der Waals surface area contributed by atoms with E-state index in [1.54, 1.807) is 0 Å². The molecule has 2 aliphatic rings. The summed E-state index contributed by atoms with van der Waals surface area (Å²) in [6.45, 7) is 2.34. The highest BCUT2D eigenvalue weighted by atomic mass is 16.2. The van der Waals surface area contributed by atoms with Crippen LogP contribution in [0.4, 0.5) is 0 Å². The van der Waals surface area contributed by atoms with Crippen molar-refractivity contribution in [2.75, 3.05) is 0 Å². The number of rotatable bonds is 5. The summed E-state index contributed by atoms with van der Waals surface area (Å²) in [5.41, 5.74) is 1.28. The number of nitrogens with zero attached hydrogens (tertiary/aromatic N) is 1. The van der Waals surface area contributed by atoms with Crippen LogP contribution in [0, 0.1) is 5.92 Å². The van der Waals surface area contributed by atoms with Gasteiger partial charge in [-0.05, 0) is 56.4 Å². The molecule has 0 aromatic heterocycles. The maximum Gasteiger partial charge on any atom is 0.223 e. The Morgan fingerprint density at radius 2 is 1.57 bits per heavy atom. The van der Waals surface area contributed by atoms with Crippen LogP contribution in [0.2, 0.25) is 0 Å². The predicted octanol–water partition coefficient (Wildman–Crippen LogP) is 4.19. The molecule has 0 saturated heterocycles. The normalized spacial score (nSPS) is 25.6. The van der Waals surface area contributed by atoms with Crippen molar-refractivity contribution >= 4 is 5.91 Å². The third-order valence-electron chi connectivity index (χ3n) is 5.08. The van der Waals surface area contributed by atoms with E-state index in [9.17, 15) is 4.79 Å². The van der Waals surface area contributed by atoms with Gasteiger partial charge in [-0.15, -0.1) is 0 Å². The lowest BCUT2D eigenvalue weighted by molar-refractivity contribution is -0.135. The quantitative estimate of drug-likeness (QED) is 0.794. The molecule has 0 N–H and O–H groups in total. The summed E-state index contributed by atoms with van der Waals surface area (Å²) < 4.78 is 0. The van der Waals surface area contributed by atoms with Crippen LogP contribution >= 0.6 is 0 Å². The summed E-state index contributed by atoms with van der Waals surface area (Å²) in [5, 5.41) is 0. The summed E-state index contributed by atoms with van der Waals surface area (Å²) in [6, 6.07) is 11.5. The van der Waals surface area contributed by atoms with Gasteiger partial charge in [0.2, 0.25) is 5.91 Å². The number of aryl methyl sites for hydroxylation is 1. The second kappa shape index (κ2) is 6.64. The van der Waals surface area contributed by atoms with Crippen molar-refractivity contribution < 1.29 is 4.79 Å². The van der Waals surface area contributed by atoms with Crippen molar-refractivity contribution in [3.05, 3.63) is 35.9 Å². The lowest BCUT2D eigenvalue weighted by Gasteiger charge is -2.36. The zero-order valence-electron chi connectivity index (χ0n) is 13.1. The third kappa shape index (κ3) is 3.87. The standard InChI is InChI=1S/C19H27NO/c1-15-7-10-17(11-8-15)20(18-12-13-18)19(21)14-9-16-5-3-2-4-6-16/h2-6,15,17-18H,7-14H2,1H3. The molecule has 1 aromatic rings. The fourth-order valence-corrected chi connectivity index (χ4v) is 3.60. The highest BCUT2D eigenvalue weighted by Gasteiger charge is 2.37. The van der Waals surface area contributed by atoms with Crippen LogP contribution in [0.25, 0.3) is 0 Å². The van der Waals surface area contributed by atoms with E-state index in [1.165, 1.54) is 44.1 Å². The Balaban J connectivity index is 1.57. The van der Waals surface area contributed by atoms with Gasteiger partial charge >= 0.3 is 0 Å². The van der Waals surface area contributed by atoms with Crippen molar-refractivity contribution in [1.29, 1.82) is 0 Å². The Kier molecular flexibility index (Phi) is 4.62. The van der Waals surface area contributed by atoms with Crippen molar-refractivity contribution in [2.45, 2.75) is 70.4 Å². The minimum atomic E-state index is 0.390. The number of amides is 1. The van der Waals surface area contributed by atoms with Crippen LogP contribution < -0.4 is 0 Å². The fraction of sp³-hybridized carbons (Fsp3) is 0.632. The Labute approximate surface area is 128 Å². The van der Waals surface area contributed by atoms with Crippen molar-refractivity contribution in [3.63, 3.8) is 0 Å². The van der Waals surface area contributed by atoms with Crippen molar-refractivity contribution in [3.8, 4) is 0 Å². The molecule has 0 aliphatic heterocycles. The summed E-state index contributed by atoms with van der Waals surface area (Å²) in [7, 11) is 0. The fourth-order valence-electron chi connectivity index (χ4n) is 3.60. The Morgan fingerprint density at radius 3 is 2.14 bits per heavy atom. The number of hydrogen-bond donors (Lipinski definition) is 0. The summed E-state index contributed by atoms with van der Waals surface area (Å²) in [6.07, 6.45) is 9.02. The lowest BCUT2D eigenvalue weighted by atomic mass is 9.86. The van der Waals surface area contributed by atoms with Gasteiger partial charge in [0, 0.05) is 18.5 Å². The Bertz CT molecular complexity index is 458. The zero-order chi connectivity index (χ0) is 14.7. The highest BCUT2D eigenvalue weighted by molar-refractivity contribution is 5.77. The topological polar surface area (TPSA) is 20.3 Å². The van der Waals surface area contributed by atoms with Gasteiger partial charge in [-0.3, -0.25) is 4.79 Å². The molecule has 0 spiro atoms. The van der Waals surface area contributed by atoms with E-state index >= 15 is 0 Å². The van der Waals surface area contributed by atoms with Gasteiger partial charge in [0.25, 0.3) is 0 Å². The molecule has 1 amide bonds. The molecular formula is C19H27NO. The van der Waals surface area contributed by atoms with E-state index in [1.807, 2.05) is 6.07 Å². The van der Waals surface area contributed by atoms with Gasteiger partial charge in [0.15, 0.2) is 0 Å². The summed E-state index contributed by atoms with van der Waals surface area (Å²) in [4.78, 5) is 15.0. The average molecular weight is 285 g/mol. The second-order valence-corrected chi connectivity index (χ2v) is 6.93. The number of carbonyl (C=O) groups is 1. The first-order valence-electron chi connectivity index (χ1n) is 8.59. The lowest BCUT2D eigenvalue weighted by Crippen LogP contribution is -2.43. The van der Waals surface area contributed by atoms with E-state index in [4.69, 9.17) is 0 Å². The van der Waals surface area contributed by atoms with E-state index in [2.05, 4.69) is 36.1 Å². The molecule has 2 aliphatic carbocycles. The molecule has 0 radical (unpaired) electrons. The predicted molar refractivity (Wildman–Crippen MR) is 86.1 cm³/mol. The van der Waals surface area contributed by atoms with Gasteiger partial charge in [-0.2, -0.15) is 0 Å². The molecule has 2 fully saturated rings. The van der Waals surface area contributed by atoms with Gasteiger partial charge in [-0.1, -0.05) is 37.3 Å². The number of benzene rings is 1. The van der Waals surface area contributed by atoms with Crippen LogP contribution in [0.3, 0.4) is 0 Å². The zero-order valence-corrected chi connectivity index (χ0v) is 13.1.